The van der Waals surface area contributed by atoms with Gasteiger partial charge in [-0.05, 0) is 42.7 Å². The van der Waals surface area contributed by atoms with Crippen LogP contribution in [0.5, 0.6) is 11.5 Å². The van der Waals surface area contributed by atoms with Crippen molar-refractivity contribution < 1.29 is 28.2 Å². The van der Waals surface area contributed by atoms with E-state index in [0.717, 1.165) is 0 Å². The zero-order chi connectivity index (χ0) is 20.3. The van der Waals surface area contributed by atoms with Crippen LogP contribution in [0.15, 0.2) is 48.5 Å². The second-order valence-electron chi connectivity index (χ2n) is 7.01. The molecule has 7 nitrogen and oxygen atoms in total. The van der Waals surface area contributed by atoms with E-state index in [1.165, 1.54) is 12.1 Å². The van der Waals surface area contributed by atoms with Gasteiger partial charge in [0, 0.05) is 13.2 Å². The number of nitrogens with one attached hydrogen (secondary N) is 2. The lowest BCUT2D eigenvalue weighted by molar-refractivity contribution is -0.138. The normalized spacial score (nSPS) is 19.8. The summed E-state index contributed by atoms with van der Waals surface area (Å²) < 4.78 is 29.9. The number of rotatable bonds is 3. The molecule has 4 rings (SSSR count). The molecule has 1 unspecified atom stereocenters. The maximum atomic E-state index is 13.3. The molecule has 0 saturated carbocycles. The highest BCUT2D eigenvalue weighted by molar-refractivity contribution is 5.91. The molecule has 1 fully saturated rings. The number of ether oxygens (including phenoxy) is 3. The van der Waals surface area contributed by atoms with Gasteiger partial charge < -0.3 is 14.2 Å². The van der Waals surface area contributed by atoms with Crippen molar-refractivity contribution in [2.75, 3.05) is 19.8 Å². The molecule has 2 heterocycles. The van der Waals surface area contributed by atoms with Crippen LogP contribution >= 0.6 is 0 Å². The van der Waals surface area contributed by atoms with Gasteiger partial charge in [-0.15, -0.1) is 0 Å². The van der Waals surface area contributed by atoms with E-state index >= 15 is 0 Å². The summed E-state index contributed by atoms with van der Waals surface area (Å²) in [6.45, 7) is 0.833. The highest BCUT2D eigenvalue weighted by atomic mass is 19.1. The smallest absolute Gasteiger partial charge is 0.283 e. The summed E-state index contributed by atoms with van der Waals surface area (Å²) in [5, 5.41) is 0. The summed E-state index contributed by atoms with van der Waals surface area (Å²) in [5.74, 6) is -0.234. The summed E-state index contributed by atoms with van der Waals surface area (Å²) in [6, 6.07) is 12.9. The Labute approximate surface area is 167 Å². The first-order chi connectivity index (χ1) is 14.1. The average molecular weight is 400 g/mol. The van der Waals surface area contributed by atoms with Crippen LogP contribution in [0.4, 0.5) is 4.39 Å². The van der Waals surface area contributed by atoms with Gasteiger partial charge in [0.2, 0.25) is 12.0 Å². The Morgan fingerprint density at radius 3 is 2.38 bits per heavy atom. The largest absolute Gasteiger partial charge is 0.485 e. The number of hydrogen-bond acceptors (Lipinski definition) is 5. The molecule has 0 aromatic heterocycles. The number of benzene rings is 2. The lowest BCUT2D eigenvalue weighted by atomic mass is 9.73. The lowest BCUT2D eigenvalue weighted by Crippen LogP contribution is -2.56. The van der Waals surface area contributed by atoms with Crippen LogP contribution in [0.25, 0.3) is 0 Å². The molecule has 1 atom stereocenters. The molecule has 152 valence electrons. The molecule has 0 bridgehead atoms. The molecule has 29 heavy (non-hydrogen) atoms. The molecule has 2 N–H and O–H groups in total. The quantitative estimate of drug-likeness (QED) is 0.769. The predicted molar refractivity (Wildman–Crippen MR) is 101 cm³/mol. The van der Waals surface area contributed by atoms with Crippen molar-refractivity contribution in [1.29, 1.82) is 0 Å². The summed E-state index contributed by atoms with van der Waals surface area (Å²) in [7, 11) is 0. The zero-order valence-electron chi connectivity index (χ0n) is 15.7. The van der Waals surface area contributed by atoms with Crippen molar-refractivity contribution >= 4 is 11.8 Å². The summed E-state index contributed by atoms with van der Waals surface area (Å²) >= 11 is 0. The Morgan fingerprint density at radius 1 is 0.966 bits per heavy atom. The summed E-state index contributed by atoms with van der Waals surface area (Å²) in [5.41, 5.74) is 4.71. The summed E-state index contributed by atoms with van der Waals surface area (Å²) in [4.78, 5) is 25.5. The minimum Gasteiger partial charge on any atom is -0.485 e. The molecule has 2 aromatic rings. The maximum Gasteiger partial charge on any atom is 0.283 e. The van der Waals surface area contributed by atoms with E-state index in [2.05, 4.69) is 10.9 Å². The number of para-hydroxylation sites is 2. The third-order valence-electron chi connectivity index (χ3n) is 5.28. The SMILES string of the molecule is O=C(NNC(=O)C1(c2ccc(F)cc2)CCOCC1)C1COc2ccccc2O1. The van der Waals surface area contributed by atoms with Crippen molar-refractivity contribution in [3.63, 3.8) is 0 Å². The van der Waals surface area contributed by atoms with Crippen molar-refractivity contribution in [1.82, 2.24) is 10.9 Å². The first-order valence-electron chi connectivity index (χ1n) is 9.41. The lowest BCUT2D eigenvalue weighted by Gasteiger charge is -2.36. The van der Waals surface area contributed by atoms with Gasteiger partial charge in [0.1, 0.15) is 12.4 Å². The first-order valence-corrected chi connectivity index (χ1v) is 9.41. The number of hydrogen-bond donors (Lipinski definition) is 2. The fraction of sp³-hybridized carbons (Fsp3) is 0.333. The molecule has 0 radical (unpaired) electrons. The fourth-order valence-corrected chi connectivity index (χ4v) is 3.60. The van der Waals surface area contributed by atoms with E-state index in [1.807, 2.05) is 6.07 Å². The first kappa shape index (κ1) is 19.2. The van der Waals surface area contributed by atoms with Gasteiger partial charge in [-0.25, -0.2) is 4.39 Å². The van der Waals surface area contributed by atoms with Gasteiger partial charge >= 0.3 is 0 Å². The average Bonchev–Trinajstić information content (AvgIpc) is 2.77. The van der Waals surface area contributed by atoms with Crippen LogP contribution in [-0.4, -0.2) is 37.7 Å². The number of hydrazine groups is 1. The molecule has 1 saturated heterocycles. The van der Waals surface area contributed by atoms with Crippen LogP contribution in [0.2, 0.25) is 0 Å². The molecule has 8 heteroatoms. The van der Waals surface area contributed by atoms with Crippen LogP contribution < -0.4 is 20.3 Å². The highest BCUT2D eigenvalue weighted by Crippen LogP contribution is 2.35. The second-order valence-corrected chi connectivity index (χ2v) is 7.01. The summed E-state index contributed by atoms with van der Waals surface area (Å²) in [6.07, 6.45) is -0.0327. The molecule has 2 amide bonds. The third-order valence-corrected chi connectivity index (χ3v) is 5.28. The predicted octanol–water partition coefficient (Wildman–Crippen LogP) is 1.86. The molecule has 0 spiro atoms. The third kappa shape index (κ3) is 3.88. The highest BCUT2D eigenvalue weighted by Gasteiger charge is 2.42. The topological polar surface area (TPSA) is 85.9 Å². The molecular formula is C21H21FN2O5. The maximum absolute atomic E-state index is 13.3. The van der Waals surface area contributed by atoms with Gasteiger partial charge in [-0.3, -0.25) is 20.4 Å². The molecule has 2 aliphatic heterocycles. The van der Waals surface area contributed by atoms with E-state index < -0.39 is 17.4 Å². The van der Waals surface area contributed by atoms with Gasteiger partial charge in [-0.1, -0.05) is 24.3 Å². The van der Waals surface area contributed by atoms with Crippen LogP contribution in [-0.2, 0) is 19.7 Å². The van der Waals surface area contributed by atoms with Gasteiger partial charge in [-0.2, -0.15) is 0 Å². The van der Waals surface area contributed by atoms with Gasteiger partial charge in [0.05, 0.1) is 5.41 Å². The van der Waals surface area contributed by atoms with E-state index in [1.54, 1.807) is 30.3 Å². The van der Waals surface area contributed by atoms with Crippen molar-refractivity contribution in [3.8, 4) is 11.5 Å². The van der Waals surface area contributed by atoms with Crippen LogP contribution in [0, 0.1) is 5.82 Å². The molecular weight excluding hydrogens is 379 g/mol. The minimum absolute atomic E-state index is 0.0374. The Hall–Kier alpha value is -3.13. The van der Waals surface area contributed by atoms with E-state index in [9.17, 15) is 14.0 Å². The molecule has 0 aliphatic carbocycles. The monoisotopic (exact) mass is 400 g/mol. The minimum atomic E-state index is -0.907. The zero-order valence-corrected chi connectivity index (χ0v) is 15.7. The van der Waals surface area contributed by atoms with Crippen LogP contribution in [0.1, 0.15) is 18.4 Å². The van der Waals surface area contributed by atoms with Crippen molar-refractivity contribution in [2.45, 2.75) is 24.4 Å². The van der Waals surface area contributed by atoms with E-state index in [-0.39, 0.29) is 18.3 Å². The Bertz CT molecular complexity index is 896. The Kier molecular flexibility index (Phi) is 5.35. The van der Waals surface area contributed by atoms with Crippen LogP contribution in [0.3, 0.4) is 0 Å². The number of fused-ring (bicyclic) bond motifs is 1. The number of halogens is 1. The second kappa shape index (κ2) is 8.08. The van der Waals surface area contributed by atoms with Gasteiger partial charge in [0.15, 0.2) is 11.5 Å². The van der Waals surface area contributed by atoms with E-state index in [0.29, 0.717) is 43.1 Å². The fourth-order valence-electron chi connectivity index (χ4n) is 3.60. The van der Waals surface area contributed by atoms with Gasteiger partial charge in [0.25, 0.3) is 5.91 Å². The molecule has 2 aliphatic rings. The number of amides is 2. The molecule has 2 aromatic carbocycles. The standard InChI is InChI=1S/C21H21FN2O5/c22-15-7-5-14(6-8-15)21(9-11-27-12-10-21)20(26)24-23-19(25)18-13-28-16-3-1-2-4-17(16)29-18/h1-8,18H,9-13H2,(H,23,25)(H,24,26). The Morgan fingerprint density at radius 2 is 1.66 bits per heavy atom. The Balaban J connectivity index is 1.43. The number of carbonyl (C=O) groups excluding carboxylic acids is 2. The van der Waals surface area contributed by atoms with Crippen molar-refractivity contribution in [3.05, 3.63) is 59.9 Å². The van der Waals surface area contributed by atoms with E-state index in [4.69, 9.17) is 14.2 Å². The van der Waals surface area contributed by atoms with Crippen molar-refractivity contribution in [2.24, 2.45) is 0 Å². The number of carbonyl (C=O) groups is 2.